The molecule has 0 fully saturated rings. The molecular formula is C21H18O8. The maximum absolute atomic E-state index is 12.6. The van der Waals surface area contributed by atoms with E-state index in [-0.39, 0.29) is 40.4 Å². The highest BCUT2D eigenvalue weighted by Gasteiger charge is 2.18. The molecule has 0 radical (unpaired) electrons. The average molecular weight is 398 g/mol. The number of carboxylic acids is 1. The lowest BCUT2D eigenvalue weighted by Crippen LogP contribution is -2.09. The number of hydrogen-bond donors (Lipinski definition) is 3. The highest BCUT2D eigenvalue weighted by atomic mass is 16.5. The summed E-state index contributed by atoms with van der Waals surface area (Å²) in [7, 11) is 1.42. The van der Waals surface area contributed by atoms with Gasteiger partial charge in [0.2, 0.25) is 0 Å². The van der Waals surface area contributed by atoms with Gasteiger partial charge in [-0.3, -0.25) is 4.79 Å². The van der Waals surface area contributed by atoms with Gasteiger partial charge in [0.25, 0.3) is 0 Å². The summed E-state index contributed by atoms with van der Waals surface area (Å²) >= 11 is 0. The topological polar surface area (TPSA) is 126 Å². The Morgan fingerprint density at radius 3 is 2.66 bits per heavy atom. The molecule has 3 rings (SSSR count). The summed E-state index contributed by atoms with van der Waals surface area (Å²) in [5.41, 5.74) is 0.388. The summed E-state index contributed by atoms with van der Waals surface area (Å²) in [5, 5.41) is 29.3. The number of hydrogen-bond acceptors (Lipinski definition) is 7. The van der Waals surface area contributed by atoms with Crippen molar-refractivity contribution >= 4 is 16.9 Å². The van der Waals surface area contributed by atoms with E-state index < -0.39 is 23.8 Å². The van der Waals surface area contributed by atoms with Gasteiger partial charge in [-0.25, -0.2) is 4.79 Å². The van der Waals surface area contributed by atoms with Crippen molar-refractivity contribution in [3.8, 4) is 34.3 Å². The molecule has 0 spiro atoms. The molecule has 8 heteroatoms. The molecule has 150 valence electrons. The van der Waals surface area contributed by atoms with Crippen molar-refractivity contribution in [2.75, 3.05) is 13.7 Å². The number of carboxylic acid groups (broad SMARTS) is 1. The van der Waals surface area contributed by atoms with Gasteiger partial charge in [0, 0.05) is 29.3 Å². The van der Waals surface area contributed by atoms with Crippen LogP contribution in [0.4, 0.5) is 0 Å². The van der Waals surface area contributed by atoms with Crippen molar-refractivity contribution in [1.29, 1.82) is 0 Å². The van der Waals surface area contributed by atoms with E-state index in [1.54, 1.807) is 12.1 Å². The Morgan fingerprint density at radius 2 is 2.00 bits per heavy atom. The quantitative estimate of drug-likeness (QED) is 0.518. The van der Waals surface area contributed by atoms with Gasteiger partial charge in [-0.15, -0.1) is 6.58 Å². The highest BCUT2D eigenvalue weighted by Crippen LogP contribution is 2.39. The maximum Gasteiger partial charge on any atom is 0.341 e. The first-order chi connectivity index (χ1) is 13.8. The number of benzene rings is 2. The SMILES string of the molecule is C=CCc1c(-c2cc(=O)c3c(O)cc(OCC(=O)O)cc3o2)ccc(OC)c1O. The number of aromatic hydroxyl groups is 2. The molecule has 3 N–H and O–H groups in total. The van der Waals surface area contributed by atoms with Crippen LogP contribution < -0.4 is 14.9 Å². The second-order valence-corrected chi connectivity index (χ2v) is 6.11. The van der Waals surface area contributed by atoms with Crippen molar-refractivity contribution in [3.63, 3.8) is 0 Å². The van der Waals surface area contributed by atoms with E-state index in [9.17, 15) is 19.8 Å². The van der Waals surface area contributed by atoms with Gasteiger partial charge in [-0.1, -0.05) is 6.08 Å². The minimum Gasteiger partial charge on any atom is -0.507 e. The molecule has 1 heterocycles. The Labute approximate surface area is 164 Å². The second kappa shape index (κ2) is 7.97. The van der Waals surface area contributed by atoms with Gasteiger partial charge in [-0.2, -0.15) is 0 Å². The van der Waals surface area contributed by atoms with Crippen molar-refractivity contribution in [3.05, 3.63) is 58.8 Å². The molecule has 2 aromatic carbocycles. The molecule has 0 aliphatic carbocycles. The minimum absolute atomic E-state index is 0.00718. The fourth-order valence-electron chi connectivity index (χ4n) is 2.97. The Bertz CT molecular complexity index is 1160. The van der Waals surface area contributed by atoms with Crippen molar-refractivity contribution in [2.45, 2.75) is 6.42 Å². The van der Waals surface area contributed by atoms with Crippen LogP contribution >= 0.6 is 0 Å². The van der Waals surface area contributed by atoms with Gasteiger partial charge in [-0.05, 0) is 18.6 Å². The summed E-state index contributed by atoms with van der Waals surface area (Å²) in [5.74, 6) is -1.26. The number of methoxy groups -OCH3 is 1. The summed E-state index contributed by atoms with van der Waals surface area (Å²) in [6.45, 7) is 3.05. The van der Waals surface area contributed by atoms with Crippen molar-refractivity contribution in [2.24, 2.45) is 0 Å². The zero-order valence-electron chi connectivity index (χ0n) is 15.5. The first-order valence-corrected chi connectivity index (χ1v) is 8.51. The van der Waals surface area contributed by atoms with E-state index >= 15 is 0 Å². The lowest BCUT2D eigenvalue weighted by Gasteiger charge is -2.13. The Kier molecular flexibility index (Phi) is 5.45. The van der Waals surface area contributed by atoms with Gasteiger partial charge in [0.15, 0.2) is 23.5 Å². The van der Waals surface area contributed by atoms with Crippen molar-refractivity contribution in [1.82, 2.24) is 0 Å². The van der Waals surface area contributed by atoms with E-state index in [1.165, 1.54) is 25.3 Å². The van der Waals surface area contributed by atoms with Crippen LogP contribution in [0.2, 0.25) is 0 Å². The van der Waals surface area contributed by atoms with Gasteiger partial charge in [0.1, 0.15) is 28.2 Å². The van der Waals surface area contributed by atoms with Crippen LogP contribution in [0.25, 0.3) is 22.3 Å². The molecule has 0 aliphatic heterocycles. The van der Waals surface area contributed by atoms with Crippen LogP contribution in [0.15, 0.2) is 52.2 Å². The molecule has 0 saturated carbocycles. The first kappa shape index (κ1) is 19.8. The number of rotatable bonds is 7. The number of fused-ring (bicyclic) bond motifs is 1. The summed E-state index contributed by atoms with van der Waals surface area (Å²) in [6, 6.07) is 6.83. The minimum atomic E-state index is -1.19. The first-order valence-electron chi connectivity index (χ1n) is 8.51. The monoisotopic (exact) mass is 398 g/mol. The lowest BCUT2D eigenvalue weighted by atomic mass is 9.99. The van der Waals surface area contributed by atoms with Crippen molar-refractivity contribution < 1.29 is 34.0 Å². The zero-order chi connectivity index (χ0) is 21.1. The maximum atomic E-state index is 12.6. The third-order valence-electron chi connectivity index (χ3n) is 4.23. The number of carbonyl (C=O) groups is 1. The molecule has 1 aromatic heterocycles. The fourth-order valence-corrected chi connectivity index (χ4v) is 2.97. The van der Waals surface area contributed by atoms with E-state index in [0.29, 0.717) is 11.1 Å². The molecule has 0 unspecified atom stereocenters. The van der Waals surface area contributed by atoms with E-state index in [1.807, 2.05) is 0 Å². The summed E-state index contributed by atoms with van der Waals surface area (Å²) < 4.78 is 16.0. The number of allylic oxidation sites excluding steroid dienone is 1. The molecule has 3 aromatic rings. The zero-order valence-corrected chi connectivity index (χ0v) is 15.5. The Hall–Kier alpha value is -3.94. The van der Waals surface area contributed by atoms with E-state index in [2.05, 4.69) is 6.58 Å². The largest absolute Gasteiger partial charge is 0.507 e. The molecule has 8 nitrogen and oxygen atoms in total. The smallest absolute Gasteiger partial charge is 0.341 e. The van der Waals surface area contributed by atoms with Crippen LogP contribution in [0.3, 0.4) is 0 Å². The predicted molar refractivity (Wildman–Crippen MR) is 105 cm³/mol. The Morgan fingerprint density at radius 1 is 1.24 bits per heavy atom. The van der Waals surface area contributed by atoms with Crippen LogP contribution in [0, 0.1) is 0 Å². The molecule has 0 aliphatic rings. The number of aliphatic carboxylic acids is 1. The number of phenols is 2. The van der Waals surface area contributed by atoms with E-state index in [4.69, 9.17) is 19.0 Å². The molecule has 0 bridgehead atoms. The van der Waals surface area contributed by atoms with Gasteiger partial charge >= 0.3 is 5.97 Å². The standard InChI is InChI=1S/C21H18O8/c1-3-4-13-12(5-6-16(27-2)21(13)26)17-9-15(23)20-14(22)7-11(8-18(20)29-17)28-10-19(24)25/h3,5-9,22,26H,1,4,10H2,2H3,(H,24,25). The third kappa shape index (κ3) is 3.86. The summed E-state index contributed by atoms with van der Waals surface area (Å²) in [4.78, 5) is 23.3. The Balaban J connectivity index is 2.21. The third-order valence-corrected chi connectivity index (χ3v) is 4.23. The van der Waals surface area contributed by atoms with Crippen LogP contribution in [0.5, 0.6) is 23.0 Å². The van der Waals surface area contributed by atoms with E-state index in [0.717, 1.165) is 6.07 Å². The predicted octanol–water partition coefficient (Wildman–Crippen LogP) is 3.07. The molecule has 0 atom stereocenters. The summed E-state index contributed by atoms with van der Waals surface area (Å²) in [6.07, 6.45) is 1.87. The number of ether oxygens (including phenoxy) is 2. The van der Waals surface area contributed by atoms with Crippen LogP contribution in [-0.4, -0.2) is 35.0 Å². The van der Waals surface area contributed by atoms with Crippen LogP contribution in [-0.2, 0) is 11.2 Å². The van der Waals surface area contributed by atoms with Gasteiger partial charge < -0.3 is 29.2 Å². The fraction of sp³-hybridized carbons (Fsp3) is 0.143. The normalized spacial score (nSPS) is 10.7. The molecular weight excluding hydrogens is 380 g/mol. The number of phenolic OH excluding ortho intramolecular Hbond substituents is 2. The average Bonchev–Trinajstić information content (AvgIpc) is 2.67. The molecule has 0 amide bonds. The molecule has 0 saturated heterocycles. The van der Waals surface area contributed by atoms with Crippen LogP contribution in [0.1, 0.15) is 5.56 Å². The van der Waals surface area contributed by atoms with Gasteiger partial charge in [0.05, 0.1) is 7.11 Å². The highest BCUT2D eigenvalue weighted by molar-refractivity contribution is 5.86. The second-order valence-electron chi connectivity index (χ2n) is 6.11. The molecule has 29 heavy (non-hydrogen) atoms. The lowest BCUT2D eigenvalue weighted by molar-refractivity contribution is -0.139.